The van der Waals surface area contributed by atoms with Gasteiger partial charge in [-0.15, -0.1) is 11.8 Å². The Morgan fingerprint density at radius 2 is 2.05 bits per heavy atom. The average Bonchev–Trinajstić information content (AvgIpc) is 2.44. The summed E-state index contributed by atoms with van der Waals surface area (Å²) in [5.74, 6) is 0.749. The maximum absolute atomic E-state index is 11.8. The number of pyridine rings is 1. The first kappa shape index (κ1) is 14.1. The van der Waals surface area contributed by atoms with Gasteiger partial charge >= 0.3 is 0 Å². The summed E-state index contributed by atoms with van der Waals surface area (Å²) in [6.45, 7) is 0.630. The summed E-state index contributed by atoms with van der Waals surface area (Å²) in [5, 5.41) is 2.88. The summed E-state index contributed by atoms with van der Waals surface area (Å²) in [7, 11) is 0. The average molecular weight is 337 g/mol. The Morgan fingerprint density at radius 1 is 1.26 bits per heavy atom. The van der Waals surface area contributed by atoms with E-state index in [1.165, 1.54) is 4.90 Å². The van der Waals surface area contributed by atoms with E-state index in [4.69, 9.17) is 0 Å². The van der Waals surface area contributed by atoms with Crippen molar-refractivity contribution in [3.63, 3.8) is 0 Å². The van der Waals surface area contributed by atoms with E-state index in [0.29, 0.717) is 12.1 Å². The minimum absolute atomic E-state index is 0.0949. The van der Waals surface area contributed by atoms with Crippen LogP contribution in [-0.2, 0) is 0 Å². The van der Waals surface area contributed by atoms with Gasteiger partial charge < -0.3 is 5.32 Å². The van der Waals surface area contributed by atoms with E-state index in [9.17, 15) is 4.79 Å². The smallest absolute Gasteiger partial charge is 0.252 e. The molecule has 0 bridgehead atoms. The third-order valence-corrected chi connectivity index (χ3v) is 3.81. The summed E-state index contributed by atoms with van der Waals surface area (Å²) < 4.78 is 0.804. The second kappa shape index (κ2) is 7.31. The molecule has 0 unspecified atom stereocenters. The van der Waals surface area contributed by atoms with Gasteiger partial charge in [0, 0.05) is 34.1 Å². The molecule has 0 spiro atoms. The van der Waals surface area contributed by atoms with Crippen LogP contribution < -0.4 is 5.32 Å². The fourth-order valence-electron chi connectivity index (χ4n) is 1.49. The molecule has 1 heterocycles. The topological polar surface area (TPSA) is 42.0 Å². The first-order valence-electron chi connectivity index (χ1n) is 5.82. The number of hydrogen-bond acceptors (Lipinski definition) is 3. The summed E-state index contributed by atoms with van der Waals surface area (Å²) in [5.41, 5.74) is 0.569. The van der Waals surface area contributed by atoms with Crippen molar-refractivity contribution in [2.75, 3.05) is 12.3 Å². The molecule has 5 heteroatoms. The molecule has 1 amide bonds. The summed E-state index contributed by atoms with van der Waals surface area (Å²) >= 11 is 5.02. The van der Waals surface area contributed by atoms with Crippen molar-refractivity contribution in [1.29, 1.82) is 0 Å². The predicted molar refractivity (Wildman–Crippen MR) is 81.4 cm³/mol. The van der Waals surface area contributed by atoms with E-state index < -0.39 is 0 Å². The second-order valence-corrected chi connectivity index (χ2v) is 5.89. The predicted octanol–water partition coefficient (Wildman–Crippen LogP) is 3.37. The molecule has 1 aromatic heterocycles. The zero-order chi connectivity index (χ0) is 13.5. The van der Waals surface area contributed by atoms with Crippen molar-refractivity contribution in [2.45, 2.75) is 4.90 Å². The molecule has 2 rings (SSSR count). The standard InChI is InChI=1S/C14H13BrN2OS/c15-12-8-11(9-16-10-12)14(18)17-6-7-19-13-4-2-1-3-5-13/h1-5,8-10H,6-7H2,(H,17,18). The van der Waals surface area contributed by atoms with Crippen LogP contribution in [0.3, 0.4) is 0 Å². The Balaban J connectivity index is 1.75. The van der Waals surface area contributed by atoms with Gasteiger partial charge in [-0.25, -0.2) is 0 Å². The Labute approximate surface area is 125 Å². The van der Waals surface area contributed by atoms with Gasteiger partial charge in [0.25, 0.3) is 5.91 Å². The SMILES string of the molecule is O=C(NCCSc1ccccc1)c1cncc(Br)c1. The van der Waals surface area contributed by atoms with Crippen molar-refractivity contribution in [1.82, 2.24) is 10.3 Å². The highest BCUT2D eigenvalue weighted by molar-refractivity contribution is 9.10. The zero-order valence-corrected chi connectivity index (χ0v) is 12.6. The van der Waals surface area contributed by atoms with Gasteiger partial charge in [-0.3, -0.25) is 9.78 Å². The Morgan fingerprint density at radius 3 is 2.79 bits per heavy atom. The molecule has 0 saturated heterocycles. The lowest BCUT2D eigenvalue weighted by Gasteiger charge is -2.05. The largest absolute Gasteiger partial charge is 0.351 e. The van der Waals surface area contributed by atoms with Crippen molar-refractivity contribution in [2.24, 2.45) is 0 Å². The molecule has 0 aliphatic carbocycles. The molecule has 1 aromatic carbocycles. The lowest BCUT2D eigenvalue weighted by atomic mass is 10.3. The molecule has 3 nitrogen and oxygen atoms in total. The number of hydrogen-bond donors (Lipinski definition) is 1. The number of thioether (sulfide) groups is 1. The molecule has 0 fully saturated rings. The molecular formula is C14H13BrN2OS. The number of rotatable bonds is 5. The number of benzene rings is 1. The Bertz CT molecular complexity index is 548. The third-order valence-electron chi connectivity index (χ3n) is 2.37. The number of halogens is 1. The number of amides is 1. The first-order chi connectivity index (χ1) is 9.25. The number of nitrogens with zero attached hydrogens (tertiary/aromatic N) is 1. The monoisotopic (exact) mass is 336 g/mol. The molecular weight excluding hydrogens is 324 g/mol. The van der Waals surface area contributed by atoms with Crippen molar-refractivity contribution >= 4 is 33.6 Å². The van der Waals surface area contributed by atoms with Gasteiger partial charge in [0.1, 0.15) is 0 Å². The maximum Gasteiger partial charge on any atom is 0.252 e. The highest BCUT2D eigenvalue weighted by Gasteiger charge is 2.05. The number of aromatic nitrogens is 1. The number of carbonyl (C=O) groups excluding carboxylic acids is 1. The van der Waals surface area contributed by atoms with Gasteiger partial charge in [-0.2, -0.15) is 0 Å². The van der Waals surface area contributed by atoms with Gasteiger partial charge in [-0.05, 0) is 34.1 Å². The lowest BCUT2D eigenvalue weighted by molar-refractivity contribution is 0.0955. The third kappa shape index (κ3) is 4.69. The van der Waals surface area contributed by atoms with Crippen LogP contribution in [-0.4, -0.2) is 23.2 Å². The van der Waals surface area contributed by atoms with Crippen LogP contribution in [0.15, 0.2) is 58.2 Å². The highest BCUT2D eigenvalue weighted by Crippen LogP contribution is 2.15. The van der Waals surface area contributed by atoms with Gasteiger partial charge in [0.2, 0.25) is 0 Å². The minimum Gasteiger partial charge on any atom is -0.351 e. The van der Waals surface area contributed by atoms with Crippen molar-refractivity contribution in [3.8, 4) is 0 Å². The van der Waals surface area contributed by atoms with Crippen LogP contribution in [0.4, 0.5) is 0 Å². The van der Waals surface area contributed by atoms with Crippen molar-refractivity contribution in [3.05, 3.63) is 58.8 Å². The van der Waals surface area contributed by atoms with Crippen LogP contribution in [0.5, 0.6) is 0 Å². The van der Waals surface area contributed by atoms with Gasteiger partial charge in [0.05, 0.1) is 5.56 Å². The number of carbonyl (C=O) groups is 1. The molecule has 0 atom stereocenters. The van der Waals surface area contributed by atoms with Crippen molar-refractivity contribution < 1.29 is 4.79 Å². The summed E-state index contributed by atoms with van der Waals surface area (Å²) in [6, 6.07) is 11.9. The molecule has 98 valence electrons. The van der Waals surface area contributed by atoms with Crippen LogP contribution in [0, 0.1) is 0 Å². The molecule has 0 saturated carbocycles. The fraction of sp³-hybridized carbons (Fsp3) is 0.143. The summed E-state index contributed by atoms with van der Waals surface area (Å²) in [4.78, 5) is 17.0. The zero-order valence-electron chi connectivity index (χ0n) is 10.2. The van der Waals surface area contributed by atoms with Crippen LogP contribution >= 0.6 is 27.7 Å². The molecule has 2 aromatic rings. The Hall–Kier alpha value is -1.33. The molecule has 0 aliphatic rings. The molecule has 19 heavy (non-hydrogen) atoms. The van der Waals surface area contributed by atoms with Gasteiger partial charge in [0.15, 0.2) is 0 Å². The maximum atomic E-state index is 11.8. The minimum atomic E-state index is -0.0949. The van der Waals surface area contributed by atoms with E-state index in [-0.39, 0.29) is 5.91 Å². The van der Waals surface area contributed by atoms with Crippen LogP contribution in [0.2, 0.25) is 0 Å². The van der Waals surface area contributed by atoms with Gasteiger partial charge in [-0.1, -0.05) is 18.2 Å². The fourth-order valence-corrected chi connectivity index (χ4v) is 2.64. The highest BCUT2D eigenvalue weighted by atomic mass is 79.9. The van der Waals surface area contributed by atoms with Crippen LogP contribution in [0.1, 0.15) is 10.4 Å². The molecule has 0 aliphatic heterocycles. The van der Waals surface area contributed by atoms with Crippen LogP contribution in [0.25, 0.3) is 0 Å². The first-order valence-corrected chi connectivity index (χ1v) is 7.60. The Kier molecular flexibility index (Phi) is 5.42. The number of nitrogens with one attached hydrogen (secondary N) is 1. The van der Waals surface area contributed by atoms with E-state index >= 15 is 0 Å². The summed E-state index contributed by atoms with van der Waals surface area (Å²) in [6.07, 6.45) is 3.21. The second-order valence-electron chi connectivity index (χ2n) is 3.81. The molecule has 0 radical (unpaired) electrons. The lowest BCUT2D eigenvalue weighted by Crippen LogP contribution is -2.25. The van der Waals surface area contributed by atoms with E-state index in [1.54, 1.807) is 30.2 Å². The van der Waals surface area contributed by atoms with E-state index in [2.05, 4.69) is 38.4 Å². The van der Waals surface area contributed by atoms with E-state index in [1.807, 2.05) is 18.2 Å². The molecule has 1 N–H and O–H groups in total. The van der Waals surface area contributed by atoms with E-state index in [0.717, 1.165) is 10.2 Å². The quantitative estimate of drug-likeness (QED) is 0.672. The normalized spacial score (nSPS) is 10.2.